The van der Waals surface area contributed by atoms with Crippen LogP contribution in [0.2, 0.25) is 0 Å². The van der Waals surface area contributed by atoms with Crippen molar-refractivity contribution in [3.05, 3.63) is 53.4 Å². The molecule has 0 amide bonds. The molecule has 2 aromatic heterocycles. The first kappa shape index (κ1) is 21.5. The van der Waals surface area contributed by atoms with Gasteiger partial charge in [0.05, 0.1) is 23.8 Å². The van der Waals surface area contributed by atoms with Gasteiger partial charge in [-0.15, -0.1) is 0 Å². The van der Waals surface area contributed by atoms with E-state index in [1.54, 1.807) is 0 Å². The Morgan fingerprint density at radius 2 is 2.03 bits per heavy atom. The summed E-state index contributed by atoms with van der Waals surface area (Å²) in [5.74, 6) is 3.16. The van der Waals surface area contributed by atoms with Crippen molar-refractivity contribution >= 4 is 28.7 Å². The number of pyridine rings is 1. The molecule has 1 fully saturated rings. The first-order valence-corrected chi connectivity index (χ1v) is 9.73. The van der Waals surface area contributed by atoms with Crippen LogP contribution in [0.25, 0.3) is 10.9 Å². The molecule has 2 N–H and O–H groups in total. The molecule has 0 bridgehead atoms. The number of nitrogens with one attached hydrogen (secondary N) is 2. The average Bonchev–Trinajstić information content (AvgIpc) is 3.50. The van der Waals surface area contributed by atoms with Crippen molar-refractivity contribution in [3.8, 4) is 11.8 Å². The van der Waals surface area contributed by atoms with Gasteiger partial charge < -0.3 is 4.90 Å². The fraction of sp³-hybridized carbons (Fsp3) is 0.273. The molecule has 10 heteroatoms. The van der Waals surface area contributed by atoms with Crippen LogP contribution in [0.1, 0.15) is 25.5 Å². The van der Waals surface area contributed by atoms with Crippen LogP contribution in [0.4, 0.5) is 29.1 Å². The van der Waals surface area contributed by atoms with Crippen molar-refractivity contribution in [2.45, 2.75) is 26.2 Å². The second-order valence-electron chi connectivity index (χ2n) is 7.73. The maximum absolute atomic E-state index is 14.8. The third kappa shape index (κ3) is 4.06. The Morgan fingerprint density at radius 1 is 1.28 bits per heavy atom. The van der Waals surface area contributed by atoms with Crippen molar-refractivity contribution in [2.24, 2.45) is 5.41 Å². The summed E-state index contributed by atoms with van der Waals surface area (Å²) in [4.78, 5) is 9.10. The number of nitrogens with zero attached hydrogens (tertiary/aromatic N) is 4. The van der Waals surface area contributed by atoms with E-state index in [9.17, 15) is 17.6 Å². The highest BCUT2D eigenvalue weighted by Crippen LogP contribution is 2.44. The van der Waals surface area contributed by atoms with Crippen molar-refractivity contribution in [3.63, 3.8) is 0 Å². The number of hydrogen-bond donors (Lipinski definition) is 2. The summed E-state index contributed by atoms with van der Waals surface area (Å²) >= 11 is 0. The van der Waals surface area contributed by atoms with Gasteiger partial charge >= 0.3 is 0 Å². The molecule has 0 unspecified atom stereocenters. The Bertz CT molecular complexity index is 1330. The van der Waals surface area contributed by atoms with Gasteiger partial charge in [0.15, 0.2) is 11.6 Å². The number of anilines is 2. The van der Waals surface area contributed by atoms with Gasteiger partial charge in [-0.3, -0.25) is 15.4 Å². The number of fused-ring (bicyclic) bond motifs is 1. The molecule has 4 rings (SSSR count). The van der Waals surface area contributed by atoms with E-state index >= 15 is 0 Å². The van der Waals surface area contributed by atoms with Gasteiger partial charge in [-0.1, -0.05) is 5.92 Å². The zero-order valence-electron chi connectivity index (χ0n) is 17.0. The Hall–Kier alpha value is -3.74. The van der Waals surface area contributed by atoms with Gasteiger partial charge in [-0.2, -0.15) is 4.98 Å². The number of benzene rings is 1. The number of aromatic nitrogens is 3. The molecule has 2 heterocycles. The number of alkyl halides is 2. The highest BCUT2D eigenvalue weighted by atomic mass is 19.3. The number of hydrogen-bond acceptors (Lipinski definition) is 5. The minimum Gasteiger partial charge on any atom is -0.320 e. The topological polar surface area (TPSA) is 81.7 Å². The van der Waals surface area contributed by atoms with Crippen LogP contribution in [0.5, 0.6) is 0 Å². The Kier molecular flexibility index (Phi) is 5.42. The van der Waals surface area contributed by atoms with Crippen LogP contribution in [-0.4, -0.2) is 33.8 Å². The van der Waals surface area contributed by atoms with Crippen LogP contribution in [0, 0.1) is 39.7 Å². The Balaban J connectivity index is 1.93. The minimum atomic E-state index is -2.85. The zero-order chi connectivity index (χ0) is 23.0. The van der Waals surface area contributed by atoms with E-state index in [-0.39, 0.29) is 22.4 Å². The van der Waals surface area contributed by atoms with Gasteiger partial charge in [0, 0.05) is 17.3 Å². The van der Waals surface area contributed by atoms with E-state index in [0.717, 1.165) is 34.7 Å². The highest BCUT2D eigenvalue weighted by Gasteiger charge is 2.35. The van der Waals surface area contributed by atoms with E-state index in [2.05, 4.69) is 21.8 Å². The molecule has 1 aromatic carbocycles. The Labute approximate surface area is 180 Å². The van der Waals surface area contributed by atoms with Gasteiger partial charge in [0.25, 0.3) is 6.43 Å². The third-order valence-corrected chi connectivity index (χ3v) is 5.25. The van der Waals surface area contributed by atoms with Crippen LogP contribution >= 0.6 is 0 Å². The van der Waals surface area contributed by atoms with Gasteiger partial charge in [0.1, 0.15) is 11.5 Å². The summed E-state index contributed by atoms with van der Waals surface area (Å²) in [7, 11) is 0. The van der Waals surface area contributed by atoms with Gasteiger partial charge in [-0.25, -0.2) is 22.5 Å². The first-order chi connectivity index (χ1) is 15.2. The lowest BCUT2D eigenvalue weighted by Gasteiger charge is -2.25. The first-order valence-electron chi connectivity index (χ1n) is 9.73. The van der Waals surface area contributed by atoms with Crippen LogP contribution < -0.4 is 10.5 Å². The molecule has 0 atom stereocenters. The lowest BCUT2D eigenvalue weighted by atomic mass is 10.1. The molecule has 3 aromatic rings. The molecule has 32 heavy (non-hydrogen) atoms. The molecule has 1 aliphatic rings. The predicted octanol–water partition coefficient (Wildman–Crippen LogP) is 4.20. The van der Waals surface area contributed by atoms with Gasteiger partial charge in [-0.05, 0) is 50.0 Å². The summed E-state index contributed by atoms with van der Waals surface area (Å²) in [5, 5.41) is 15.1. The summed E-state index contributed by atoms with van der Waals surface area (Å²) in [6.45, 7) is 1.12. The van der Waals surface area contributed by atoms with Crippen molar-refractivity contribution < 1.29 is 17.6 Å². The summed E-state index contributed by atoms with van der Waals surface area (Å²) in [6.07, 6.45) is 1.20. The predicted molar refractivity (Wildman–Crippen MR) is 111 cm³/mol. The fourth-order valence-electron chi connectivity index (χ4n) is 3.24. The summed E-state index contributed by atoms with van der Waals surface area (Å²) in [5.41, 5.74) is -0.0940. The third-order valence-electron chi connectivity index (χ3n) is 5.25. The molecule has 1 aliphatic carbocycles. The number of halogens is 4. The van der Waals surface area contributed by atoms with Crippen LogP contribution in [0.15, 0.2) is 30.5 Å². The van der Waals surface area contributed by atoms with E-state index in [1.165, 1.54) is 24.4 Å². The minimum absolute atomic E-state index is 0.0519. The summed E-state index contributed by atoms with van der Waals surface area (Å²) < 4.78 is 56.9. The quantitative estimate of drug-likeness (QED) is 0.269. The second kappa shape index (κ2) is 8.07. The molecule has 0 saturated heterocycles. The Morgan fingerprint density at radius 3 is 2.69 bits per heavy atom. The molecule has 0 aliphatic heterocycles. The lowest BCUT2D eigenvalue weighted by molar-refractivity contribution is 0.157. The average molecular weight is 442 g/mol. The van der Waals surface area contributed by atoms with E-state index in [0.29, 0.717) is 5.69 Å². The normalized spacial score (nSPS) is 14.2. The molecular formula is C22H18F4N6. The summed E-state index contributed by atoms with van der Waals surface area (Å²) in [6, 6.07) is 4.91. The van der Waals surface area contributed by atoms with Crippen LogP contribution in [0.3, 0.4) is 0 Å². The van der Waals surface area contributed by atoms with Crippen molar-refractivity contribution in [1.82, 2.24) is 14.5 Å². The van der Waals surface area contributed by atoms with Gasteiger partial charge in [0.2, 0.25) is 5.62 Å². The molecule has 6 nitrogen and oxygen atoms in total. The second-order valence-corrected chi connectivity index (χ2v) is 7.73. The monoisotopic (exact) mass is 442 g/mol. The number of rotatable bonds is 5. The smallest absolute Gasteiger partial charge is 0.256 e. The SMILES string of the molecule is CC1(C#Cc2cc(N(CC(F)F)c3nc(=N)n(C=N)c4ccc(F)c(F)c34)ccn2)CC1. The highest BCUT2D eigenvalue weighted by molar-refractivity contribution is 5.94. The van der Waals surface area contributed by atoms with Crippen LogP contribution in [-0.2, 0) is 0 Å². The maximum Gasteiger partial charge on any atom is 0.256 e. The fourth-order valence-corrected chi connectivity index (χ4v) is 3.24. The lowest BCUT2D eigenvalue weighted by Crippen LogP contribution is -2.31. The molecule has 164 valence electrons. The zero-order valence-corrected chi connectivity index (χ0v) is 17.0. The van der Waals surface area contributed by atoms with E-state index in [1.807, 2.05) is 6.92 Å². The van der Waals surface area contributed by atoms with E-state index < -0.39 is 35.6 Å². The molecular weight excluding hydrogens is 424 g/mol. The standard InChI is InChI=1S/C22H18F4N6/c1-22(7-8-22)6-4-13-10-14(5-9-29-13)31(11-17(24)25)20-18-16(3-2-15(23)19(18)26)32(12-27)21(28)30-20/h2-3,5,9-10,12,17,27-28H,7-8,11H2,1H3. The maximum atomic E-state index is 14.8. The van der Waals surface area contributed by atoms with E-state index in [4.69, 9.17) is 10.8 Å². The van der Waals surface area contributed by atoms with Crippen molar-refractivity contribution in [2.75, 3.05) is 11.4 Å². The van der Waals surface area contributed by atoms with Crippen molar-refractivity contribution in [1.29, 1.82) is 10.8 Å². The largest absolute Gasteiger partial charge is 0.320 e. The molecule has 0 radical (unpaired) electrons. The molecule has 1 saturated carbocycles. The molecule has 0 spiro atoms.